The van der Waals surface area contributed by atoms with Gasteiger partial charge in [-0.3, -0.25) is 14.5 Å². The minimum atomic E-state index is -0.0964. The Hall–Kier alpha value is -2.12. The predicted octanol–water partition coefficient (Wildman–Crippen LogP) is 2.15. The largest absolute Gasteiger partial charge is 0.466 e. The summed E-state index contributed by atoms with van der Waals surface area (Å²) in [6.45, 7) is 8.11. The van der Waals surface area contributed by atoms with Crippen LogP contribution in [0.15, 0.2) is 28.0 Å². The van der Waals surface area contributed by atoms with Crippen molar-refractivity contribution >= 4 is 23.2 Å². The number of carbonyl (C=O) groups is 2. The molecule has 1 saturated heterocycles. The molecule has 1 aliphatic heterocycles. The third kappa shape index (κ3) is 4.29. The van der Waals surface area contributed by atoms with Gasteiger partial charge >= 0.3 is 0 Å². The van der Waals surface area contributed by atoms with E-state index in [-0.39, 0.29) is 11.8 Å². The Labute approximate surface area is 151 Å². The summed E-state index contributed by atoms with van der Waals surface area (Å²) in [6.07, 6.45) is 0. The molecule has 1 aliphatic rings. The standard InChI is InChI=1S/C18H23N3O3S/c1-13-12-15(14(2)24-13)17(22)19-5-6-20-7-9-21(10-8-20)18(23)16-4-3-11-25-16/h3-4,11-12H,5-10H2,1-2H3,(H,19,22). The fourth-order valence-electron chi connectivity index (χ4n) is 3.01. The summed E-state index contributed by atoms with van der Waals surface area (Å²) in [5.41, 5.74) is 0.601. The zero-order valence-corrected chi connectivity index (χ0v) is 15.4. The van der Waals surface area contributed by atoms with Crippen molar-refractivity contribution in [3.05, 3.63) is 45.5 Å². The van der Waals surface area contributed by atoms with Crippen molar-refractivity contribution in [3.63, 3.8) is 0 Å². The van der Waals surface area contributed by atoms with E-state index in [4.69, 9.17) is 4.42 Å². The highest BCUT2D eigenvalue weighted by Crippen LogP contribution is 2.14. The Morgan fingerprint density at radius 3 is 2.60 bits per heavy atom. The minimum Gasteiger partial charge on any atom is -0.466 e. The molecule has 1 fully saturated rings. The zero-order chi connectivity index (χ0) is 17.8. The lowest BCUT2D eigenvalue weighted by molar-refractivity contribution is 0.0643. The van der Waals surface area contributed by atoms with Crippen LogP contribution in [0.1, 0.15) is 31.6 Å². The average Bonchev–Trinajstić information content (AvgIpc) is 3.24. The van der Waals surface area contributed by atoms with E-state index in [0.717, 1.165) is 43.4 Å². The summed E-state index contributed by atoms with van der Waals surface area (Å²) < 4.78 is 5.39. The van der Waals surface area contributed by atoms with Gasteiger partial charge in [0.05, 0.1) is 10.4 Å². The summed E-state index contributed by atoms with van der Waals surface area (Å²) in [6, 6.07) is 5.54. The quantitative estimate of drug-likeness (QED) is 0.886. The van der Waals surface area contributed by atoms with Crippen LogP contribution in [0.3, 0.4) is 0 Å². The third-order valence-corrected chi connectivity index (χ3v) is 5.25. The lowest BCUT2D eigenvalue weighted by Gasteiger charge is -2.34. The second-order valence-electron chi connectivity index (χ2n) is 6.19. The molecule has 0 saturated carbocycles. The molecule has 0 bridgehead atoms. The van der Waals surface area contributed by atoms with Gasteiger partial charge < -0.3 is 14.6 Å². The number of piperazine rings is 1. The van der Waals surface area contributed by atoms with Crippen molar-refractivity contribution in [1.29, 1.82) is 0 Å². The first-order valence-electron chi connectivity index (χ1n) is 8.45. The van der Waals surface area contributed by atoms with Crippen molar-refractivity contribution in [2.45, 2.75) is 13.8 Å². The smallest absolute Gasteiger partial charge is 0.264 e. The molecular formula is C18H23N3O3S. The van der Waals surface area contributed by atoms with E-state index in [1.165, 1.54) is 11.3 Å². The first-order chi connectivity index (χ1) is 12.0. The molecule has 0 spiro atoms. The molecular weight excluding hydrogens is 338 g/mol. The second-order valence-corrected chi connectivity index (χ2v) is 7.14. The van der Waals surface area contributed by atoms with E-state index in [0.29, 0.717) is 17.9 Å². The molecule has 2 amide bonds. The number of hydrogen-bond acceptors (Lipinski definition) is 5. The lowest BCUT2D eigenvalue weighted by Crippen LogP contribution is -2.50. The molecule has 0 aliphatic carbocycles. The van der Waals surface area contributed by atoms with Crippen LogP contribution >= 0.6 is 11.3 Å². The predicted molar refractivity (Wildman–Crippen MR) is 97.2 cm³/mol. The van der Waals surface area contributed by atoms with Crippen molar-refractivity contribution in [2.75, 3.05) is 39.3 Å². The Morgan fingerprint density at radius 1 is 1.24 bits per heavy atom. The highest BCUT2D eigenvalue weighted by atomic mass is 32.1. The van der Waals surface area contributed by atoms with Crippen molar-refractivity contribution in [2.24, 2.45) is 0 Å². The van der Waals surface area contributed by atoms with E-state index < -0.39 is 0 Å². The molecule has 3 rings (SSSR count). The van der Waals surface area contributed by atoms with Crippen LogP contribution in [0.2, 0.25) is 0 Å². The average molecular weight is 361 g/mol. The first-order valence-corrected chi connectivity index (χ1v) is 9.33. The van der Waals surface area contributed by atoms with Gasteiger partial charge in [0, 0.05) is 39.3 Å². The number of nitrogens with zero attached hydrogens (tertiary/aromatic N) is 2. The molecule has 0 radical (unpaired) electrons. The third-order valence-electron chi connectivity index (χ3n) is 4.39. The SMILES string of the molecule is Cc1cc(C(=O)NCCN2CCN(C(=O)c3cccs3)CC2)c(C)o1. The molecule has 1 N–H and O–H groups in total. The van der Waals surface area contributed by atoms with Gasteiger partial charge in [-0.1, -0.05) is 6.07 Å². The number of amides is 2. The van der Waals surface area contributed by atoms with Crippen LogP contribution < -0.4 is 5.32 Å². The molecule has 25 heavy (non-hydrogen) atoms. The van der Waals surface area contributed by atoms with E-state index in [1.54, 1.807) is 13.0 Å². The summed E-state index contributed by atoms with van der Waals surface area (Å²) in [5.74, 6) is 1.42. The number of carbonyl (C=O) groups excluding carboxylic acids is 2. The molecule has 0 aromatic carbocycles. The molecule has 6 nitrogen and oxygen atoms in total. The van der Waals surface area contributed by atoms with Gasteiger partial charge in [-0.25, -0.2) is 0 Å². The molecule has 0 unspecified atom stereocenters. The molecule has 2 aromatic heterocycles. The van der Waals surface area contributed by atoms with Gasteiger partial charge in [-0.05, 0) is 31.4 Å². The van der Waals surface area contributed by atoms with Crippen LogP contribution in [0.5, 0.6) is 0 Å². The number of hydrogen-bond donors (Lipinski definition) is 1. The Bertz CT molecular complexity index is 731. The maximum atomic E-state index is 12.3. The topological polar surface area (TPSA) is 65.8 Å². The fraction of sp³-hybridized carbons (Fsp3) is 0.444. The van der Waals surface area contributed by atoms with Crippen LogP contribution in [0.25, 0.3) is 0 Å². The Balaban J connectivity index is 1.40. The lowest BCUT2D eigenvalue weighted by atomic mass is 10.2. The van der Waals surface area contributed by atoms with Crippen molar-refractivity contribution < 1.29 is 14.0 Å². The highest BCUT2D eigenvalue weighted by molar-refractivity contribution is 7.12. The van der Waals surface area contributed by atoms with Crippen LogP contribution in [0, 0.1) is 13.8 Å². The van der Waals surface area contributed by atoms with Crippen LogP contribution in [-0.2, 0) is 0 Å². The maximum Gasteiger partial charge on any atom is 0.264 e. The summed E-state index contributed by atoms with van der Waals surface area (Å²) in [7, 11) is 0. The molecule has 3 heterocycles. The Morgan fingerprint density at radius 2 is 2.00 bits per heavy atom. The second kappa shape index (κ2) is 7.84. The normalized spacial score (nSPS) is 15.4. The van der Waals surface area contributed by atoms with Gasteiger partial charge in [-0.15, -0.1) is 11.3 Å². The van der Waals surface area contributed by atoms with E-state index in [2.05, 4.69) is 10.2 Å². The van der Waals surface area contributed by atoms with Crippen molar-refractivity contribution in [1.82, 2.24) is 15.1 Å². The summed E-state index contributed by atoms with van der Waals surface area (Å²) in [4.78, 5) is 29.4. The molecule has 134 valence electrons. The van der Waals surface area contributed by atoms with Gasteiger partial charge in [0.1, 0.15) is 11.5 Å². The molecule has 7 heteroatoms. The molecule has 0 atom stereocenters. The Kier molecular flexibility index (Phi) is 5.55. The van der Waals surface area contributed by atoms with E-state index >= 15 is 0 Å². The molecule has 2 aromatic rings. The maximum absolute atomic E-state index is 12.3. The van der Waals surface area contributed by atoms with Crippen LogP contribution in [-0.4, -0.2) is 60.9 Å². The van der Waals surface area contributed by atoms with Gasteiger partial charge in [0.2, 0.25) is 0 Å². The summed E-state index contributed by atoms with van der Waals surface area (Å²) >= 11 is 1.48. The number of aryl methyl sites for hydroxylation is 2. The van der Waals surface area contributed by atoms with Crippen molar-refractivity contribution in [3.8, 4) is 0 Å². The fourth-order valence-corrected chi connectivity index (χ4v) is 3.70. The van der Waals surface area contributed by atoms with Gasteiger partial charge in [-0.2, -0.15) is 0 Å². The van der Waals surface area contributed by atoms with Gasteiger partial charge in [0.15, 0.2) is 0 Å². The monoisotopic (exact) mass is 361 g/mol. The minimum absolute atomic E-state index is 0.0964. The first kappa shape index (κ1) is 17.7. The highest BCUT2D eigenvalue weighted by Gasteiger charge is 2.22. The van der Waals surface area contributed by atoms with Gasteiger partial charge in [0.25, 0.3) is 11.8 Å². The summed E-state index contributed by atoms with van der Waals surface area (Å²) in [5, 5.41) is 4.86. The number of thiophene rings is 1. The number of nitrogens with one attached hydrogen (secondary N) is 1. The van der Waals surface area contributed by atoms with E-state index in [9.17, 15) is 9.59 Å². The van der Waals surface area contributed by atoms with E-state index in [1.807, 2.05) is 29.3 Å². The van der Waals surface area contributed by atoms with Crippen LogP contribution in [0.4, 0.5) is 0 Å². The number of furan rings is 1. The number of rotatable bonds is 5. The zero-order valence-electron chi connectivity index (χ0n) is 14.6.